The minimum absolute atomic E-state index is 0.307. The molecule has 6 rings (SSSR count). The summed E-state index contributed by atoms with van der Waals surface area (Å²) in [6.07, 6.45) is 0.919. The molecule has 0 bridgehead atoms. The smallest absolute Gasteiger partial charge is 0.331 e. The molecule has 1 N–H and O–H groups in total. The third kappa shape index (κ3) is 3.02. The molecule has 1 atom stereocenters. The molecule has 1 aliphatic rings. The van der Waals surface area contributed by atoms with Gasteiger partial charge in [0.05, 0.1) is 39.7 Å². The minimum atomic E-state index is -0.453. The fraction of sp³-hybridized carbons (Fsp3) is 0.172. The summed E-state index contributed by atoms with van der Waals surface area (Å²) in [5.41, 5.74) is 4.92. The first kappa shape index (κ1) is 22.1. The second-order valence-corrected chi connectivity index (χ2v) is 9.17. The van der Waals surface area contributed by atoms with Gasteiger partial charge in [0.2, 0.25) is 0 Å². The maximum absolute atomic E-state index is 15.3. The Morgan fingerprint density at radius 1 is 0.889 bits per heavy atom. The molecule has 0 saturated carbocycles. The average molecular weight is 481 g/mol. The van der Waals surface area contributed by atoms with Crippen LogP contribution < -0.4 is 16.6 Å². The lowest BCUT2D eigenvalue weighted by Gasteiger charge is -2.31. The Bertz CT molecular complexity index is 1780. The maximum atomic E-state index is 15.3. The molecule has 0 radical (unpaired) electrons. The Labute approximate surface area is 206 Å². The summed E-state index contributed by atoms with van der Waals surface area (Å²) < 4.78 is 19.9. The molecule has 180 valence electrons. The standard InChI is InChI=1S/C29H25FN4O2/c1-4-17-13-15-18(16-14-17)24-27-26-23(28(35)33(3)29(36)32(26)2)25(19-9-5-6-10-20(19)30)34(27)22-12-8-7-11-21(22)31-24/h5-16,24,31H,4H2,1-3H3. The number of halogens is 1. The Hall–Kier alpha value is -4.39. The van der Waals surface area contributed by atoms with Gasteiger partial charge in [-0.15, -0.1) is 0 Å². The number of hydrogen-bond acceptors (Lipinski definition) is 3. The number of aryl methyl sites for hydroxylation is 2. The predicted octanol–water partition coefficient (Wildman–Crippen LogP) is 4.91. The highest BCUT2D eigenvalue weighted by molar-refractivity contribution is 5.99. The topological polar surface area (TPSA) is 61.0 Å². The van der Waals surface area contributed by atoms with Gasteiger partial charge in [-0.1, -0.05) is 55.5 Å². The zero-order chi connectivity index (χ0) is 25.1. The minimum Gasteiger partial charge on any atom is -0.371 e. The summed E-state index contributed by atoms with van der Waals surface area (Å²) in [5.74, 6) is -0.435. The number of fused-ring (bicyclic) bond motifs is 5. The predicted molar refractivity (Wildman–Crippen MR) is 140 cm³/mol. The second-order valence-electron chi connectivity index (χ2n) is 9.17. The van der Waals surface area contributed by atoms with E-state index in [9.17, 15) is 9.59 Å². The molecule has 3 heterocycles. The van der Waals surface area contributed by atoms with Crippen molar-refractivity contribution in [1.29, 1.82) is 0 Å². The summed E-state index contributed by atoms with van der Waals surface area (Å²) in [6.45, 7) is 2.11. The van der Waals surface area contributed by atoms with Crippen molar-refractivity contribution in [3.8, 4) is 16.9 Å². The van der Waals surface area contributed by atoms with Gasteiger partial charge in [0.15, 0.2) is 0 Å². The molecule has 1 unspecified atom stereocenters. The lowest BCUT2D eigenvalue weighted by atomic mass is 9.98. The SMILES string of the molecule is CCc1ccc(C2Nc3ccccc3-n3c(-c4ccccc4F)c4c(=O)n(C)c(=O)n(C)c4c32)cc1. The first-order valence-electron chi connectivity index (χ1n) is 12.0. The molecular weight excluding hydrogens is 455 g/mol. The van der Waals surface area contributed by atoms with E-state index in [0.717, 1.165) is 33.6 Å². The average Bonchev–Trinajstić information content (AvgIpc) is 3.27. The van der Waals surface area contributed by atoms with Crippen molar-refractivity contribution >= 4 is 16.6 Å². The first-order chi connectivity index (χ1) is 17.4. The van der Waals surface area contributed by atoms with Gasteiger partial charge in [0.1, 0.15) is 5.82 Å². The van der Waals surface area contributed by atoms with E-state index >= 15 is 4.39 Å². The lowest BCUT2D eigenvalue weighted by molar-refractivity contribution is 0.630. The van der Waals surface area contributed by atoms with E-state index in [0.29, 0.717) is 22.2 Å². The molecule has 0 amide bonds. The van der Waals surface area contributed by atoms with Crippen molar-refractivity contribution in [1.82, 2.24) is 13.7 Å². The van der Waals surface area contributed by atoms with E-state index in [4.69, 9.17) is 0 Å². The van der Waals surface area contributed by atoms with Gasteiger partial charge < -0.3 is 9.88 Å². The molecule has 3 aromatic carbocycles. The molecule has 7 heteroatoms. The summed E-state index contributed by atoms with van der Waals surface area (Å²) in [4.78, 5) is 26.8. The summed E-state index contributed by atoms with van der Waals surface area (Å²) in [7, 11) is 3.12. The number of para-hydroxylation sites is 2. The molecule has 0 fully saturated rings. The van der Waals surface area contributed by atoms with E-state index in [2.05, 4.69) is 36.5 Å². The van der Waals surface area contributed by atoms with Crippen LogP contribution in [0.15, 0.2) is 82.4 Å². The third-order valence-electron chi connectivity index (χ3n) is 7.18. The number of hydrogen-bond donors (Lipinski definition) is 1. The maximum Gasteiger partial charge on any atom is 0.331 e. The summed E-state index contributed by atoms with van der Waals surface area (Å²) in [5, 5.41) is 3.93. The Morgan fingerprint density at radius 2 is 1.58 bits per heavy atom. The quantitative estimate of drug-likeness (QED) is 0.399. The number of rotatable bonds is 3. The van der Waals surface area contributed by atoms with Gasteiger partial charge in [0.25, 0.3) is 5.56 Å². The van der Waals surface area contributed by atoms with Crippen LogP contribution in [0.4, 0.5) is 10.1 Å². The van der Waals surface area contributed by atoms with Gasteiger partial charge in [-0.05, 0) is 41.8 Å². The molecule has 0 aliphatic carbocycles. The third-order valence-corrected chi connectivity index (χ3v) is 7.18. The molecule has 0 saturated heterocycles. The Kier molecular flexibility index (Phi) is 4.96. The number of anilines is 1. The Balaban J connectivity index is 1.84. The van der Waals surface area contributed by atoms with Crippen LogP contribution in [-0.4, -0.2) is 13.7 Å². The highest BCUT2D eigenvalue weighted by Crippen LogP contribution is 2.45. The van der Waals surface area contributed by atoms with E-state index < -0.39 is 17.1 Å². The van der Waals surface area contributed by atoms with Gasteiger partial charge in [-0.25, -0.2) is 9.18 Å². The fourth-order valence-electron chi connectivity index (χ4n) is 5.32. The van der Waals surface area contributed by atoms with Gasteiger partial charge in [-0.3, -0.25) is 13.9 Å². The van der Waals surface area contributed by atoms with Crippen LogP contribution in [0, 0.1) is 5.82 Å². The molecule has 0 spiro atoms. The summed E-state index contributed by atoms with van der Waals surface area (Å²) in [6, 6.07) is 22.1. The lowest BCUT2D eigenvalue weighted by Crippen LogP contribution is -2.37. The van der Waals surface area contributed by atoms with E-state index in [-0.39, 0.29) is 6.04 Å². The molecule has 36 heavy (non-hydrogen) atoms. The van der Waals surface area contributed by atoms with E-state index in [1.165, 1.54) is 23.2 Å². The van der Waals surface area contributed by atoms with Crippen LogP contribution in [0.2, 0.25) is 0 Å². The fourth-order valence-corrected chi connectivity index (χ4v) is 5.32. The van der Waals surface area contributed by atoms with Crippen LogP contribution >= 0.6 is 0 Å². The van der Waals surface area contributed by atoms with Crippen LogP contribution in [0.5, 0.6) is 0 Å². The second kappa shape index (κ2) is 8.09. The van der Waals surface area contributed by atoms with Crippen molar-refractivity contribution in [2.75, 3.05) is 5.32 Å². The van der Waals surface area contributed by atoms with Crippen molar-refractivity contribution in [3.05, 3.63) is 116 Å². The van der Waals surface area contributed by atoms with Gasteiger partial charge in [0, 0.05) is 19.7 Å². The van der Waals surface area contributed by atoms with Crippen molar-refractivity contribution < 1.29 is 4.39 Å². The summed E-state index contributed by atoms with van der Waals surface area (Å²) >= 11 is 0. The molecular formula is C29H25FN4O2. The number of nitrogens with one attached hydrogen (secondary N) is 1. The Morgan fingerprint density at radius 3 is 2.31 bits per heavy atom. The van der Waals surface area contributed by atoms with Crippen LogP contribution in [0.1, 0.15) is 29.8 Å². The zero-order valence-electron chi connectivity index (χ0n) is 20.2. The number of nitrogens with zero attached hydrogens (tertiary/aromatic N) is 3. The van der Waals surface area contributed by atoms with Crippen molar-refractivity contribution in [2.24, 2.45) is 14.1 Å². The van der Waals surface area contributed by atoms with Crippen LogP contribution in [0.25, 0.3) is 27.8 Å². The highest BCUT2D eigenvalue weighted by Gasteiger charge is 2.35. The normalized spacial score (nSPS) is 14.4. The zero-order valence-corrected chi connectivity index (χ0v) is 20.2. The molecule has 6 nitrogen and oxygen atoms in total. The molecule has 1 aliphatic heterocycles. The van der Waals surface area contributed by atoms with Crippen LogP contribution in [-0.2, 0) is 20.5 Å². The molecule has 5 aromatic rings. The monoisotopic (exact) mass is 480 g/mol. The largest absolute Gasteiger partial charge is 0.371 e. The first-order valence-corrected chi connectivity index (χ1v) is 12.0. The van der Waals surface area contributed by atoms with Gasteiger partial charge >= 0.3 is 5.69 Å². The van der Waals surface area contributed by atoms with Crippen molar-refractivity contribution in [3.63, 3.8) is 0 Å². The van der Waals surface area contributed by atoms with Gasteiger partial charge in [-0.2, -0.15) is 0 Å². The number of benzene rings is 3. The highest BCUT2D eigenvalue weighted by atomic mass is 19.1. The number of aromatic nitrogens is 3. The van der Waals surface area contributed by atoms with Crippen LogP contribution in [0.3, 0.4) is 0 Å². The van der Waals surface area contributed by atoms with Crippen molar-refractivity contribution in [2.45, 2.75) is 19.4 Å². The van der Waals surface area contributed by atoms with E-state index in [1.807, 2.05) is 28.8 Å². The molecule has 2 aromatic heterocycles. The van der Waals surface area contributed by atoms with E-state index in [1.54, 1.807) is 25.2 Å².